The SMILES string of the molecule is C.C.C.C.Cc1ccc(C(O)(c2ccc(F)cn2)c2cc(-c3c(C)noc3C)cc3[nH]c(=O)[nH]c23)c(F)c1.Cc1noc(C)c1-c1cc(C(O)(c2ccc(F)cn2)c2c(F)cccc2F)c2[nH]c(=O)[nH]c2c1.Cc1noc(C)c1-c1cc(C(O)(c2ccccc2)c2ccc3ccc(F)cc3n2)c2[nH]c(=O)[nH]c2c1.Cc1noc(C)c1-c1cc(C(O)(c2ccccn2)c2ccc3ccc(F)cc3n2)c2[nH]c(=O)[nH]c2c1. The lowest BCUT2D eigenvalue weighted by Crippen LogP contribution is -2.33. The van der Waals surface area contributed by atoms with Crippen LogP contribution in [0.1, 0.15) is 149 Å². The Bertz CT molecular complexity index is 8520. The molecule has 13 aromatic heterocycles. The number of aromatic nitrogens is 17. The molecule has 0 saturated heterocycles. The average Bonchev–Trinajstić information content (AvgIpc) is 1.39. The number of aromatic amines is 8. The highest BCUT2D eigenvalue weighted by Gasteiger charge is 2.46. The number of rotatable bonds is 16. The van der Waals surface area contributed by atoms with Crippen molar-refractivity contribution in [1.29, 1.82) is 0 Å². The van der Waals surface area contributed by atoms with Crippen LogP contribution in [-0.2, 0) is 22.4 Å². The molecule has 12 N–H and O–H groups in total. The smallest absolute Gasteiger partial charge is 0.323 e. The second-order valence-corrected chi connectivity index (χ2v) is 33.7. The molecule has 732 valence electrons. The first-order chi connectivity index (χ1) is 67.1. The molecule has 4 unspecified atom stereocenters. The van der Waals surface area contributed by atoms with Crippen molar-refractivity contribution >= 4 is 65.9 Å². The van der Waals surface area contributed by atoms with Gasteiger partial charge in [-0.2, -0.15) is 0 Å². The van der Waals surface area contributed by atoms with E-state index in [-0.39, 0.29) is 91.4 Å². The van der Waals surface area contributed by atoms with Crippen LogP contribution in [0.15, 0.2) is 274 Å². The predicted molar refractivity (Wildman–Crippen MR) is 531 cm³/mol. The number of nitrogens with one attached hydrogen (secondary N) is 8. The van der Waals surface area contributed by atoms with Crippen LogP contribution in [0.25, 0.3) is 110 Å². The van der Waals surface area contributed by atoms with Gasteiger partial charge in [-0.3, -0.25) is 15.0 Å². The quantitative estimate of drug-likeness (QED) is 0.0400. The molecule has 9 aromatic carbocycles. The Morgan fingerprint density at radius 1 is 0.292 bits per heavy atom. The lowest BCUT2D eigenvalue weighted by Gasteiger charge is -2.30. The number of fused-ring (bicyclic) bond motifs is 6. The maximum Gasteiger partial charge on any atom is 0.323 e. The van der Waals surface area contributed by atoms with E-state index in [0.717, 1.165) is 65.3 Å². The lowest BCUT2D eigenvalue weighted by atomic mass is 9.80. The lowest BCUT2D eigenvalue weighted by molar-refractivity contribution is 0.113. The standard InChI is InChI=1S/C28H21FN4O3.C27H20FN5O3.C25H20F2N4O3.C24H17F3N4O3.4CH4/c1-15-25(16(2)36-33-15)18-12-21(26-23(13-18)31-27(34)32-26)28(35,19-6-4-3-5-7-19)24-11-9-17-8-10-20(29)14-22(17)30-24;1-14-24(15(2)36-33-14)17-11-19(25-21(12-17)31-26(34)32-25)27(35,22-5-3-4-10-29-22)23-9-7-16-6-8-18(28)13-20(16)30-23;1-12-4-6-17(19(27)8-12)25(33,21-7-5-16(26)11-28-21)18-9-15(22-13(2)31-34-14(22)3)10-20-23(18)30-24(32)29-20;1-11-20(12(2)34-31-11)13-8-15(22-18(9-13)29-23(32)30-22)24(33,19-7-6-14(25)10-28-19)21-16(26)4-3-5-17(21)27;;;;/h3-14,35H,1-2H3,(H2,31,32,34);3-13,35H,1-2H3,(H2,31,32,34);4-11,33H,1-3H3,(H2,29,30,32);3-10,33H,1-2H3,(H2,29,30,32);4*1H4. The van der Waals surface area contributed by atoms with Crippen molar-refractivity contribution in [2.24, 2.45) is 0 Å². The zero-order chi connectivity index (χ0) is 98.4. The van der Waals surface area contributed by atoms with E-state index >= 15 is 13.2 Å². The first-order valence-corrected chi connectivity index (χ1v) is 43.3. The predicted octanol–water partition coefficient (Wildman–Crippen LogP) is 20.8. The van der Waals surface area contributed by atoms with E-state index in [4.69, 9.17) is 18.1 Å². The molecule has 22 aromatic rings. The first kappa shape index (κ1) is 101. The van der Waals surface area contributed by atoms with Crippen LogP contribution in [0.3, 0.4) is 0 Å². The molecule has 0 aliphatic rings. The Morgan fingerprint density at radius 2 is 0.632 bits per heavy atom. The third-order valence-electron chi connectivity index (χ3n) is 24.7. The van der Waals surface area contributed by atoms with E-state index in [0.29, 0.717) is 145 Å². The summed E-state index contributed by atoms with van der Waals surface area (Å²) in [6.07, 6.45) is 3.34. The second kappa shape index (κ2) is 39.3. The van der Waals surface area contributed by atoms with Crippen molar-refractivity contribution in [3.05, 3.63) is 438 Å². The van der Waals surface area contributed by atoms with Crippen molar-refractivity contribution in [1.82, 2.24) is 85.4 Å². The number of nitrogens with zero attached hydrogens (tertiary/aromatic N) is 9. The van der Waals surface area contributed by atoms with Gasteiger partial charge in [0.2, 0.25) is 0 Å². The van der Waals surface area contributed by atoms with Crippen LogP contribution >= 0.6 is 0 Å². The molecule has 0 fully saturated rings. The highest BCUT2D eigenvalue weighted by Crippen LogP contribution is 2.49. The van der Waals surface area contributed by atoms with Gasteiger partial charge in [-0.1, -0.05) is 117 Å². The minimum atomic E-state index is -2.55. The maximum atomic E-state index is 15.3. The summed E-state index contributed by atoms with van der Waals surface area (Å²) >= 11 is 0. The summed E-state index contributed by atoms with van der Waals surface area (Å²) < 4.78 is 122. The molecule has 0 bridgehead atoms. The molecular weight excluding hydrogens is 1860 g/mol. The Labute approximate surface area is 813 Å². The summed E-state index contributed by atoms with van der Waals surface area (Å²) in [5.41, 5.74) is 2.59. The average molecular weight is 1960 g/mol. The second-order valence-electron chi connectivity index (χ2n) is 33.7. The summed E-state index contributed by atoms with van der Waals surface area (Å²) in [6.45, 7) is 15.9. The Morgan fingerprint density at radius 3 is 0.993 bits per heavy atom. The van der Waals surface area contributed by atoms with Gasteiger partial charge < -0.3 is 78.4 Å². The van der Waals surface area contributed by atoms with E-state index in [9.17, 15) is 57.2 Å². The van der Waals surface area contributed by atoms with E-state index < -0.39 is 91.4 Å². The van der Waals surface area contributed by atoms with Crippen molar-refractivity contribution in [3.63, 3.8) is 0 Å². The molecule has 0 aliphatic carbocycles. The summed E-state index contributed by atoms with van der Waals surface area (Å²) in [5.74, 6) is -2.77. The van der Waals surface area contributed by atoms with Crippen LogP contribution < -0.4 is 22.8 Å². The van der Waals surface area contributed by atoms with E-state index in [2.05, 4.69) is 85.4 Å². The summed E-state index contributed by atoms with van der Waals surface area (Å²) in [7, 11) is 0. The fraction of sp³-hybridized carbons (Fsp3) is 0.157. The molecule has 0 saturated carbocycles. The number of H-pyrrole nitrogens is 8. The number of pyridine rings is 5. The summed E-state index contributed by atoms with van der Waals surface area (Å²) in [4.78, 5) is 92.8. The molecular formula is C108H94F7N17O12. The van der Waals surface area contributed by atoms with Gasteiger partial charge in [-0.15, -0.1) is 0 Å². The van der Waals surface area contributed by atoms with Crippen LogP contribution in [0.2, 0.25) is 0 Å². The van der Waals surface area contributed by atoms with Crippen LogP contribution in [0, 0.1) is 103 Å². The third-order valence-corrected chi connectivity index (χ3v) is 24.7. The van der Waals surface area contributed by atoms with Gasteiger partial charge in [-0.05, 0) is 235 Å². The molecule has 22 rings (SSSR count). The third kappa shape index (κ3) is 17.9. The first-order valence-electron chi connectivity index (χ1n) is 43.3. The number of hydrogen-bond donors (Lipinski definition) is 12. The Kier molecular flexibility index (Phi) is 27.6. The molecule has 0 spiro atoms. The van der Waals surface area contributed by atoms with Gasteiger partial charge in [0.25, 0.3) is 0 Å². The molecule has 144 heavy (non-hydrogen) atoms. The van der Waals surface area contributed by atoms with Crippen molar-refractivity contribution in [2.45, 2.75) is 114 Å². The van der Waals surface area contributed by atoms with Crippen molar-refractivity contribution in [2.75, 3.05) is 0 Å². The van der Waals surface area contributed by atoms with Crippen LogP contribution in [0.5, 0.6) is 0 Å². The minimum Gasteiger partial charge on any atom is -0.374 e. The zero-order valence-electron chi connectivity index (χ0n) is 75.2. The Balaban J connectivity index is 0.000000143. The maximum absolute atomic E-state index is 15.3. The van der Waals surface area contributed by atoms with Gasteiger partial charge in [0, 0.05) is 79.2 Å². The largest absolute Gasteiger partial charge is 0.374 e. The van der Waals surface area contributed by atoms with Gasteiger partial charge in [0.1, 0.15) is 63.8 Å². The number of hydrogen-bond acceptors (Lipinski definition) is 21. The highest BCUT2D eigenvalue weighted by atomic mass is 19.2. The normalized spacial score (nSPS) is 13.0. The van der Waals surface area contributed by atoms with Gasteiger partial charge >= 0.3 is 22.8 Å². The van der Waals surface area contributed by atoms with Crippen molar-refractivity contribution < 1.29 is 69.3 Å². The number of benzene rings is 9. The van der Waals surface area contributed by atoms with E-state index in [1.54, 1.807) is 151 Å². The molecule has 29 nitrogen and oxygen atoms in total. The topological polar surface area (TPSA) is 444 Å². The number of aryl methyl sites for hydroxylation is 9. The molecule has 4 atom stereocenters. The summed E-state index contributed by atoms with van der Waals surface area (Å²) in [5, 5.41) is 67.0. The molecule has 0 aliphatic heterocycles. The van der Waals surface area contributed by atoms with E-state index in [1.807, 2.05) is 51.1 Å². The molecule has 0 amide bonds. The molecule has 13 heterocycles. The summed E-state index contributed by atoms with van der Waals surface area (Å²) in [6, 6.07) is 55.5. The molecule has 0 radical (unpaired) electrons. The Hall–Kier alpha value is -17.5. The van der Waals surface area contributed by atoms with Gasteiger partial charge in [-0.25, -0.2) is 59.9 Å². The van der Waals surface area contributed by atoms with Crippen LogP contribution in [-0.4, -0.2) is 106 Å². The number of imidazole rings is 4. The molecule has 36 heteroatoms. The zero-order valence-corrected chi connectivity index (χ0v) is 75.2. The number of aliphatic hydroxyl groups is 4. The minimum absolute atomic E-state index is 0. The monoisotopic (exact) mass is 1950 g/mol. The van der Waals surface area contributed by atoms with Gasteiger partial charge in [0.05, 0.1) is 124 Å². The number of halogens is 7. The fourth-order valence-electron chi connectivity index (χ4n) is 18.3. The van der Waals surface area contributed by atoms with E-state index in [1.165, 1.54) is 48.5 Å². The van der Waals surface area contributed by atoms with Gasteiger partial charge in [0.15, 0.2) is 22.4 Å². The van der Waals surface area contributed by atoms with Crippen LogP contribution in [0.4, 0.5) is 30.7 Å². The highest BCUT2D eigenvalue weighted by molar-refractivity contribution is 5.93. The van der Waals surface area contributed by atoms with Crippen molar-refractivity contribution in [3.8, 4) is 44.5 Å². The fourth-order valence-corrected chi connectivity index (χ4v) is 18.3.